The molecule has 156 valence electrons. The Balaban J connectivity index is 1.41. The van der Waals surface area contributed by atoms with Crippen molar-refractivity contribution in [2.24, 2.45) is 0 Å². The molecule has 1 aromatic heterocycles. The van der Waals surface area contributed by atoms with Gasteiger partial charge in [-0.1, -0.05) is 24.3 Å². The second-order valence-corrected chi connectivity index (χ2v) is 7.11. The maximum Gasteiger partial charge on any atom is 0.416 e. The van der Waals surface area contributed by atoms with Gasteiger partial charge in [-0.15, -0.1) is 5.10 Å². The van der Waals surface area contributed by atoms with Gasteiger partial charge in [0.05, 0.1) is 17.5 Å². The van der Waals surface area contributed by atoms with Crippen LogP contribution in [-0.2, 0) is 12.7 Å². The highest BCUT2D eigenvalue weighted by molar-refractivity contribution is 5.59. The molecule has 0 N–H and O–H groups in total. The molecule has 3 aromatic rings. The van der Waals surface area contributed by atoms with E-state index in [2.05, 4.69) is 20.1 Å². The number of aromatic nitrogens is 3. The first-order valence-corrected chi connectivity index (χ1v) is 9.47. The van der Waals surface area contributed by atoms with Crippen molar-refractivity contribution in [3.8, 4) is 11.3 Å². The van der Waals surface area contributed by atoms with Gasteiger partial charge in [0.2, 0.25) is 5.95 Å². The molecule has 1 saturated heterocycles. The summed E-state index contributed by atoms with van der Waals surface area (Å²) in [6, 6.07) is 11.4. The van der Waals surface area contributed by atoms with Crippen LogP contribution in [0.3, 0.4) is 0 Å². The van der Waals surface area contributed by atoms with E-state index < -0.39 is 11.7 Å². The van der Waals surface area contributed by atoms with Gasteiger partial charge in [-0.3, -0.25) is 4.90 Å². The van der Waals surface area contributed by atoms with E-state index >= 15 is 0 Å². The minimum absolute atomic E-state index is 0.245. The predicted molar refractivity (Wildman–Crippen MR) is 104 cm³/mol. The van der Waals surface area contributed by atoms with Crippen molar-refractivity contribution in [2.75, 3.05) is 31.1 Å². The average Bonchev–Trinajstić information content (AvgIpc) is 2.74. The fourth-order valence-corrected chi connectivity index (χ4v) is 3.40. The van der Waals surface area contributed by atoms with Crippen molar-refractivity contribution in [3.05, 3.63) is 71.7 Å². The van der Waals surface area contributed by atoms with Gasteiger partial charge in [-0.05, 0) is 29.8 Å². The molecular weight excluding hydrogens is 398 g/mol. The van der Waals surface area contributed by atoms with Crippen LogP contribution in [0.25, 0.3) is 11.3 Å². The summed E-state index contributed by atoms with van der Waals surface area (Å²) in [6.45, 7) is 3.52. The van der Waals surface area contributed by atoms with Crippen LogP contribution in [0.5, 0.6) is 0 Å². The largest absolute Gasteiger partial charge is 0.416 e. The van der Waals surface area contributed by atoms with Gasteiger partial charge < -0.3 is 4.90 Å². The summed E-state index contributed by atoms with van der Waals surface area (Å²) < 4.78 is 51.6. The summed E-state index contributed by atoms with van der Waals surface area (Å²) in [5.74, 6) is 0.198. The summed E-state index contributed by atoms with van der Waals surface area (Å²) in [5.41, 5.74) is 1.23. The Morgan fingerprint density at radius 2 is 1.67 bits per heavy atom. The molecule has 5 nitrogen and oxygen atoms in total. The number of hydrogen-bond donors (Lipinski definition) is 0. The van der Waals surface area contributed by atoms with Crippen LogP contribution in [0, 0.1) is 5.82 Å². The number of piperazine rings is 1. The second kappa shape index (κ2) is 8.35. The molecule has 0 aliphatic carbocycles. The molecule has 2 aromatic carbocycles. The van der Waals surface area contributed by atoms with E-state index in [0.717, 1.165) is 30.8 Å². The van der Waals surface area contributed by atoms with Crippen LogP contribution in [0.2, 0.25) is 0 Å². The maximum atomic E-state index is 13.4. The molecule has 1 fully saturated rings. The molecule has 0 radical (unpaired) electrons. The second-order valence-electron chi connectivity index (χ2n) is 7.11. The minimum Gasteiger partial charge on any atom is -0.337 e. The standard InChI is InChI=1S/C21H19F4N5/c22-18-3-1-2-15(12-18)14-29-8-10-30(11-9-29)20-27-19(13-26-28-20)16-4-6-17(7-5-16)21(23,24)25/h1-7,12-13H,8-11,14H2. The van der Waals surface area contributed by atoms with Crippen molar-refractivity contribution in [1.29, 1.82) is 0 Å². The smallest absolute Gasteiger partial charge is 0.337 e. The van der Waals surface area contributed by atoms with Crippen LogP contribution in [0.4, 0.5) is 23.5 Å². The molecule has 0 saturated carbocycles. The van der Waals surface area contributed by atoms with Crippen molar-refractivity contribution >= 4 is 5.95 Å². The lowest BCUT2D eigenvalue weighted by molar-refractivity contribution is -0.137. The molecule has 0 bridgehead atoms. The SMILES string of the molecule is Fc1cccc(CN2CCN(c3nncc(-c4ccc(C(F)(F)F)cc4)n3)CC2)c1. The highest BCUT2D eigenvalue weighted by atomic mass is 19.4. The van der Waals surface area contributed by atoms with Crippen LogP contribution >= 0.6 is 0 Å². The summed E-state index contributed by atoms with van der Waals surface area (Å²) >= 11 is 0. The highest BCUT2D eigenvalue weighted by Crippen LogP contribution is 2.30. The molecule has 1 aliphatic heterocycles. The zero-order valence-electron chi connectivity index (χ0n) is 16.0. The van der Waals surface area contributed by atoms with Gasteiger partial charge >= 0.3 is 6.18 Å². The van der Waals surface area contributed by atoms with Gasteiger partial charge in [0, 0.05) is 38.3 Å². The monoisotopic (exact) mass is 417 g/mol. The molecule has 30 heavy (non-hydrogen) atoms. The molecule has 9 heteroatoms. The summed E-state index contributed by atoms with van der Waals surface area (Å²) in [4.78, 5) is 8.69. The third-order valence-corrected chi connectivity index (χ3v) is 5.01. The van der Waals surface area contributed by atoms with Crippen LogP contribution in [-0.4, -0.2) is 46.3 Å². The molecule has 2 heterocycles. The number of nitrogens with zero attached hydrogens (tertiary/aromatic N) is 5. The normalized spacial score (nSPS) is 15.4. The van der Waals surface area contributed by atoms with E-state index in [1.807, 2.05) is 11.0 Å². The Kier molecular flexibility index (Phi) is 5.63. The van der Waals surface area contributed by atoms with Crippen LogP contribution in [0.1, 0.15) is 11.1 Å². The fraction of sp³-hybridized carbons (Fsp3) is 0.286. The number of hydrogen-bond acceptors (Lipinski definition) is 5. The van der Waals surface area contributed by atoms with Crippen molar-refractivity contribution in [2.45, 2.75) is 12.7 Å². The van der Waals surface area contributed by atoms with Crippen LogP contribution in [0.15, 0.2) is 54.7 Å². The third kappa shape index (κ3) is 4.73. The lowest BCUT2D eigenvalue weighted by Crippen LogP contribution is -2.46. The van der Waals surface area contributed by atoms with E-state index in [9.17, 15) is 17.6 Å². The lowest BCUT2D eigenvalue weighted by atomic mass is 10.1. The minimum atomic E-state index is -4.38. The summed E-state index contributed by atoms with van der Waals surface area (Å²) in [7, 11) is 0. The Morgan fingerprint density at radius 3 is 2.33 bits per heavy atom. The summed E-state index contributed by atoms with van der Waals surface area (Å²) in [6.07, 6.45) is -2.94. The highest BCUT2D eigenvalue weighted by Gasteiger charge is 2.30. The molecule has 0 unspecified atom stereocenters. The number of alkyl halides is 3. The maximum absolute atomic E-state index is 13.4. The Bertz CT molecular complexity index is 999. The number of benzene rings is 2. The Morgan fingerprint density at radius 1 is 0.933 bits per heavy atom. The first-order valence-electron chi connectivity index (χ1n) is 9.47. The molecule has 0 atom stereocenters. The van der Waals surface area contributed by atoms with Crippen LogP contribution < -0.4 is 4.90 Å². The van der Waals surface area contributed by atoms with Crippen molar-refractivity contribution in [1.82, 2.24) is 20.1 Å². The molecule has 4 rings (SSSR count). The Hall–Kier alpha value is -3.07. The zero-order valence-corrected chi connectivity index (χ0v) is 16.0. The zero-order chi connectivity index (χ0) is 21.1. The van der Waals surface area contributed by atoms with E-state index in [1.165, 1.54) is 30.5 Å². The molecule has 1 aliphatic rings. The van der Waals surface area contributed by atoms with Gasteiger partial charge in [0.25, 0.3) is 0 Å². The predicted octanol–water partition coefficient (Wildman–Crippen LogP) is 4.02. The molecular formula is C21H19F4N5. The van der Waals surface area contributed by atoms with E-state index in [1.54, 1.807) is 6.07 Å². The first-order chi connectivity index (χ1) is 14.4. The lowest BCUT2D eigenvalue weighted by Gasteiger charge is -2.34. The van der Waals surface area contributed by atoms with Crippen molar-refractivity contribution in [3.63, 3.8) is 0 Å². The number of anilines is 1. The third-order valence-electron chi connectivity index (χ3n) is 5.01. The molecule has 0 spiro atoms. The van der Waals surface area contributed by atoms with Crippen molar-refractivity contribution < 1.29 is 17.6 Å². The van der Waals surface area contributed by atoms with E-state index in [-0.39, 0.29) is 5.82 Å². The summed E-state index contributed by atoms with van der Waals surface area (Å²) in [5, 5.41) is 8.05. The van der Waals surface area contributed by atoms with Gasteiger partial charge in [-0.25, -0.2) is 9.37 Å². The first kappa shape index (κ1) is 20.2. The fourth-order valence-electron chi connectivity index (χ4n) is 3.40. The van der Waals surface area contributed by atoms with E-state index in [0.29, 0.717) is 36.8 Å². The quantitative estimate of drug-likeness (QED) is 0.600. The topological polar surface area (TPSA) is 45.2 Å². The Labute approximate surface area is 171 Å². The number of halogens is 4. The van der Waals surface area contributed by atoms with Gasteiger partial charge in [0.15, 0.2) is 0 Å². The van der Waals surface area contributed by atoms with Gasteiger partial charge in [-0.2, -0.15) is 18.3 Å². The van der Waals surface area contributed by atoms with Gasteiger partial charge in [0.1, 0.15) is 5.82 Å². The molecule has 0 amide bonds. The van der Waals surface area contributed by atoms with E-state index in [4.69, 9.17) is 0 Å². The average molecular weight is 417 g/mol. The number of rotatable bonds is 4.